The van der Waals surface area contributed by atoms with Crippen molar-refractivity contribution in [2.45, 2.75) is 314 Å². The first-order valence-electron chi connectivity index (χ1n) is 27.2. The lowest BCUT2D eigenvalue weighted by Crippen LogP contribution is -2.53. The van der Waals surface area contributed by atoms with E-state index in [1.165, 1.54) is 218 Å². The van der Waals surface area contributed by atoms with Crippen LogP contribution in [0.15, 0.2) is 24.3 Å². The molecule has 0 aliphatic rings. The van der Waals surface area contributed by atoms with Gasteiger partial charge in [-0.25, -0.2) is 0 Å². The number of allylic oxidation sites excluding steroid dienone is 4. The third-order valence-corrected chi connectivity index (χ3v) is 12.9. The molecule has 6 nitrogen and oxygen atoms in total. The molecule has 0 heterocycles. The van der Waals surface area contributed by atoms with Crippen LogP contribution in [0.1, 0.15) is 290 Å². The van der Waals surface area contributed by atoms with Gasteiger partial charge in [0.25, 0.3) is 0 Å². The van der Waals surface area contributed by atoms with Crippen molar-refractivity contribution in [3.8, 4) is 0 Å². The highest BCUT2D eigenvalue weighted by atomic mass is 16.3. The molecule has 0 aromatic heterocycles. The van der Waals surface area contributed by atoms with Gasteiger partial charge in [0.2, 0.25) is 5.91 Å². The van der Waals surface area contributed by atoms with Crippen LogP contribution in [-0.4, -0.2) is 57.3 Å². The van der Waals surface area contributed by atoms with Gasteiger partial charge < -0.3 is 25.7 Å². The van der Waals surface area contributed by atoms with Crippen LogP contribution >= 0.6 is 0 Å². The summed E-state index contributed by atoms with van der Waals surface area (Å²) in [4.78, 5) is 12.5. The largest absolute Gasteiger partial charge is 0.394 e. The summed E-state index contributed by atoms with van der Waals surface area (Å²) in [6, 6.07) is -0.997. The third kappa shape index (κ3) is 43.8. The van der Waals surface area contributed by atoms with Gasteiger partial charge in [0.1, 0.15) is 12.2 Å². The van der Waals surface area contributed by atoms with Gasteiger partial charge in [0.15, 0.2) is 0 Å². The Morgan fingerprint density at radius 3 is 1.03 bits per heavy atom. The van der Waals surface area contributed by atoms with Crippen LogP contribution in [0.4, 0.5) is 0 Å². The third-order valence-electron chi connectivity index (χ3n) is 12.9. The van der Waals surface area contributed by atoms with Crippen molar-refractivity contribution < 1.29 is 25.2 Å². The molecular weight excluding hydrogens is 755 g/mol. The van der Waals surface area contributed by atoms with E-state index in [4.69, 9.17) is 0 Å². The fourth-order valence-electron chi connectivity index (χ4n) is 8.56. The zero-order valence-electron chi connectivity index (χ0n) is 40.9. The van der Waals surface area contributed by atoms with E-state index in [2.05, 4.69) is 43.5 Å². The molecule has 6 heteroatoms. The number of aliphatic hydroxyl groups is 4. The van der Waals surface area contributed by atoms with Crippen molar-refractivity contribution >= 4 is 5.91 Å². The summed E-state index contributed by atoms with van der Waals surface area (Å²) < 4.78 is 0. The van der Waals surface area contributed by atoms with E-state index in [9.17, 15) is 25.2 Å². The molecule has 4 unspecified atom stereocenters. The van der Waals surface area contributed by atoms with Crippen LogP contribution in [0.5, 0.6) is 0 Å². The van der Waals surface area contributed by atoms with Crippen LogP contribution in [0.2, 0.25) is 0 Å². The highest BCUT2D eigenvalue weighted by molar-refractivity contribution is 5.80. The monoisotopic (exact) mass is 862 g/mol. The van der Waals surface area contributed by atoms with Gasteiger partial charge in [0, 0.05) is 0 Å². The summed E-state index contributed by atoms with van der Waals surface area (Å²) in [5.74, 6) is -0.594. The summed E-state index contributed by atoms with van der Waals surface area (Å²) in [7, 11) is 0. The van der Waals surface area contributed by atoms with Gasteiger partial charge in [0.05, 0.1) is 18.8 Å². The molecule has 0 saturated heterocycles. The Balaban J connectivity index is 3.44. The lowest BCUT2D eigenvalue weighted by atomic mass is 10.00. The molecule has 1 amide bonds. The molecule has 0 aliphatic heterocycles. The molecule has 0 fully saturated rings. The smallest absolute Gasteiger partial charge is 0.249 e. The number of nitrogens with one attached hydrogen (secondary N) is 1. The van der Waals surface area contributed by atoms with E-state index in [1.807, 2.05) is 0 Å². The van der Waals surface area contributed by atoms with Gasteiger partial charge in [-0.3, -0.25) is 4.79 Å². The SMILES string of the molecule is CCCC/C=C/CCCC(O)C(O)C(CO)NC(=O)C(O)CCCCCCCCCCCCCCCCCC/C=C\CCCCCCCCCCCCCCCCCCCC. The number of rotatable bonds is 50. The predicted molar refractivity (Wildman–Crippen MR) is 265 cm³/mol. The number of hydrogen-bond donors (Lipinski definition) is 5. The van der Waals surface area contributed by atoms with Gasteiger partial charge in [-0.15, -0.1) is 0 Å². The van der Waals surface area contributed by atoms with E-state index in [1.54, 1.807) is 0 Å². The molecule has 61 heavy (non-hydrogen) atoms. The topological polar surface area (TPSA) is 110 Å². The normalized spacial score (nSPS) is 14.0. The average Bonchev–Trinajstić information content (AvgIpc) is 3.26. The number of carbonyl (C=O) groups excluding carboxylic acids is 1. The highest BCUT2D eigenvalue weighted by Crippen LogP contribution is 2.17. The molecule has 0 aromatic carbocycles. The number of aliphatic hydroxyl groups excluding tert-OH is 4. The van der Waals surface area contributed by atoms with Crippen molar-refractivity contribution in [2.24, 2.45) is 0 Å². The lowest BCUT2D eigenvalue weighted by molar-refractivity contribution is -0.132. The van der Waals surface area contributed by atoms with Gasteiger partial charge in [-0.05, 0) is 57.8 Å². The van der Waals surface area contributed by atoms with Crippen LogP contribution < -0.4 is 5.32 Å². The van der Waals surface area contributed by atoms with E-state index < -0.39 is 36.9 Å². The summed E-state index contributed by atoms with van der Waals surface area (Å²) in [5, 5.41) is 43.4. The lowest BCUT2D eigenvalue weighted by Gasteiger charge is -2.27. The molecule has 0 aliphatic carbocycles. The molecule has 4 atom stereocenters. The van der Waals surface area contributed by atoms with Crippen LogP contribution in [0.3, 0.4) is 0 Å². The first-order chi connectivity index (χ1) is 30.0. The van der Waals surface area contributed by atoms with Gasteiger partial charge in [-0.2, -0.15) is 0 Å². The molecule has 0 radical (unpaired) electrons. The van der Waals surface area contributed by atoms with Crippen molar-refractivity contribution in [1.82, 2.24) is 5.32 Å². The highest BCUT2D eigenvalue weighted by Gasteiger charge is 2.28. The maximum absolute atomic E-state index is 12.5. The molecule has 0 rings (SSSR count). The number of unbranched alkanes of at least 4 members (excludes halogenated alkanes) is 37. The van der Waals surface area contributed by atoms with Gasteiger partial charge in [-0.1, -0.05) is 256 Å². The Morgan fingerprint density at radius 1 is 0.393 bits per heavy atom. The maximum Gasteiger partial charge on any atom is 0.249 e. The molecule has 0 aromatic rings. The zero-order valence-corrected chi connectivity index (χ0v) is 40.9. The molecule has 5 N–H and O–H groups in total. The second-order valence-electron chi connectivity index (χ2n) is 18.9. The number of carbonyl (C=O) groups is 1. The van der Waals surface area contributed by atoms with E-state index in [0.717, 1.165) is 38.5 Å². The summed E-state index contributed by atoms with van der Waals surface area (Å²) >= 11 is 0. The fraction of sp³-hybridized carbons (Fsp3) is 0.909. The first kappa shape index (κ1) is 59.8. The summed E-state index contributed by atoms with van der Waals surface area (Å²) in [6.45, 7) is 3.97. The Labute approximate surface area is 380 Å². The minimum atomic E-state index is -1.28. The van der Waals surface area contributed by atoms with E-state index >= 15 is 0 Å². The number of amides is 1. The Hall–Kier alpha value is -1.21. The Bertz CT molecular complexity index is 924. The molecular formula is C55H107NO5. The average molecular weight is 862 g/mol. The first-order valence-corrected chi connectivity index (χ1v) is 27.2. The van der Waals surface area contributed by atoms with Crippen LogP contribution in [0, 0.1) is 0 Å². The van der Waals surface area contributed by atoms with Crippen LogP contribution in [-0.2, 0) is 4.79 Å². The zero-order chi connectivity index (χ0) is 44.5. The predicted octanol–water partition coefficient (Wildman–Crippen LogP) is 15.5. The van der Waals surface area contributed by atoms with E-state index in [0.29, 0.717) is 19.3 Å². The van der Waals surface area contributed by atoms with Crippen molar-refractivity contribution in [3.63, 3.8) is 0 Å². The van der Waals surface area contributed by atoms with Crippen LogP contribution in [0.25, 0.3) is 0 Å². The standard InChI is InChI=1S/C55H107NO5/c1-3-5-7-9-11-12-13-14-15-16-17-18-19-20-21-22-23-24-25-26-27-28-29-30-31-32-33-34-35-36-37-38-39-40-41-43-45-47-49-53(59)55(61)56-51(50-57)54(60)52(58)48-46-44-42-10-8-6-4-2/h10,26-27,42,51-54,57-60H,3-9,11-25,28-41,43-50H2,1-2H3,(H,56,61)/b27-26-,42-10+. The number of hydrogen-bond acceptors (Lipinski definition) is 5. The van der Waals surface area contributed by atoms with Crippen molar-refractivity contribution in [2.75, 3.05) is 6.61 Å². The maximum atomic E-state index is 12.5. The quantitative estimate of drug-likeness (QED) is 0.0309. The van der Waals surface area contributed by atoms with Crippen molar-refractivity contribution in [3.05, 3.63) is 24.3 Å². The molecule has 362 valence electrons. The summed E-state index contributed by atoms with van der Waals surface area (Å²) in [5.41, 5.74) is 0. The minimum Gasteiger partial charge on any atom is -0.394 e. The van der Waals surface area contributed by atoms with Gasteiger partial charge >= 0.3 is 0 Å². The van der Waals surface area contributed by atoms with E-state index in [-0.39, 0.29) is 0 Å². The summed E-state index contributed by atoms with van der Waals surface area (Å²) in [6.07, 6.45) is 60.3. The molecule has 0 bridgehead atoms. The Kier molecular flexibility index (Phi) is 48.8. The Morgan fingerprint density at radius 2 is 0.689 bits per heavy atom. The second kappa shape index (κ2) is 49.8. The molecule has 0 saturated carbocycles. The van der Waals surface area contributed by atoms with Crippen molar-refractivity contribution in [1.29, 1.82) is 0 Å². The fourth-order valence-corrected chi connectivity index (χ4v) is 8.56. The minimum absolute atomic E-state index is 0.365. The molecule has 0 spiro atoms. The second-order valence-corrected chi connectivity index (χ2v) is 18.9.